The van der Waals surface area contributed by atoms with Crippen LogP contribution in [-0.4, -0.2) is 20.7 Å². The number of carbonyl (C=O) groups is 1. The Kier molecular flexibility index (Phi) is 5.47. The van der Waals surface area contributed by atoms with Gasteiger partial charge in [0, 0.05) is 20.7 Å². The average Bonchev–Trinajstić information content (AvgIpc) is 3.18. The molecule has 7 heteroatoms. The number of rotatable bonds is 4. The first kappa shape index (κ1) is 19.4. The third kappa shape index (κ3) is 4.23. The first-order chi connectivity index (χ1) is 14.0. The molecule has 1 heterocycles. The second kappa shape index (κ2) is 8.19. The topological polar surface area (TPSA) is 59.8 Å². The van der Waals surface area contributed by atoms with Crippen molar-refractivity contribution in [1.29, 1.82) is 0 Å². The van der Waals surface area contributed by atoms with Crippen LogP contribution in [0.1, 0.15) is 16.2 Å². The molecular formula is C22H16BrClN4O. The molecule has 4 rings (SSSR count). The Morgan fingerprint density at radius 2 is 1.76 bits per heavy atom. The van der Waals surface area contributed by atoms with E-state index in [1.54, 1.807) is 16.8 Å². The van der Waals surface area contributed by atoms with Crippen LogP contribution < -0.4 is 5.32 Å². The number of nitrogens with one attached hydrogen (secondary N) is 1. The minimum atomic E-state index is -0.405. The summed E-state index contributed by atoms with van der Waals surface area (Å²) < 4.78 is 2.62. The molecule has 3 aromatic carbocycles. The highest BCUT2D eigenvalue weighted by Gasteiger charge is 2.19. The van der Waals surface area contributed by atoms with Gasteiger partial charge >= 0.3 is 0 Å². The van der Waals surface area contributed by atoms with Crippen molar-refractivity contribution in [2.75, 3.05) is 5.32 Å². The Morgan fingerprint density at radius 3 is 2.45 bits per heavy atom. The van der Waals surface area contributed by atoms with E-state index in [4.69, 9.17) is 11.6 Å². The van der Waals surface area contributed by atoms with Crippen LogP contribution >= 0.6 is 27.5 Å². The number of benzene rings is 3. The van der Waals surface area contributed by atoms with Gasteiger partial charge in [0.1, 0.15) is 0 Å². The quantitative estimate of drug-likeness (QED) is 0.406. The van der Waals surface area contributed by atoms with E-state index in [9.17, 15) is 4.79 Å². The molecule has 0 atom stereocenters. The number of hydrogen-bond acceptors (Lipinski definition) is 3. The van der Waals surface area contributed by atoms with Crippen molar-refractivity contribution in [2.24, 2.45) is 0 Å². The van der Waals surface area contributed by atoms with Gasteiger partial charge in [-0.05, 0) is 48.9 Å². The Morgan fingerprint density at radius 1 is 1.03 bits per heavy atom. The molecule has 0 aliphatic heterocycles. The summed E-state index contributed by atoms with van der Waals surface area (Å²) in [7, 11) is 0. The predicted octanol–water partition coefficient (Wildman–Crippen LogP) is 5.91. The zero-order valence-electron chi connectivity index (χ0n) is 15.4. The van der Waals surface area contributed by atoms with Crippen LogP contribution in [0.3, 0.4) is 0 Å². The van der Waals surface area contributed by atoms with E-state index in [-0.39, 0.29) is 5.82 Å². The molecule has 1 amide bonds. The molecule has 0 fully saturated rings. The summed E-state index contributed by atoms with van der Waals surface area (Å²) in [5, 5.41) is 7.86. The summed E-state index contributed by atoms with van der Waals surface area (Å²) in [4.78, 5) is 17.3. The van der Waals surface area contributed by atoms with Crippen molar-refractivity contribution in [3.05, 3.63) is 93.7 Å². The molecule has 0 radical (unpaired) electrons. The lowest BCUT2D eigenvalue weighted by Crippen LogP contribution is -2.14. The van der Waals surface area contributed by atoms with Crippen molar-refractivity contribution >= 4 is 39.1 Å². The van der Waals surface area contributed by atoms with Gasteiger partial charge in [-0.1, -0.05) is 63.9 Å². The maximum Gasteiger partial charge on any atom is 0.295 e. The highest BCUT2D eigenvalue weighted by Crippen LogP contribution is 2.24. The fourth-order valence-electron chi connectivity index (χ4n) is 2.80. The minimum Gasteiger partial charge on any atom is -0.319 e. The Labute approximate surface area is 181 Å². The Bertz CT molecular complexity index is 1170. The number of halogens is 2. The lowest BCUT2D eigenvalue weighted by Gasteiger charge is -2.06. The number of carbonyl (C=O) groups excluding carboxylic acids is 1. The maximum absolute atomic E-state index is 12.8. The van der Waals surface area contributed by atoms with Crippen LogP contribution in [0.4, 0.5) is 5.69 Å². The van der Waals surface area contributed by atoms with E-state index < -0.39 is 5.91 Å². The molecule has 0 saturated carbocycles. The molecule has 0 aliphatic carbocycles. The second-order valence-corrected chi connectivity index (χ2v) is 7.75. The number of amides is 1. The number of nitrogens with zero attached hydrogens (tertiary/aromatic N) is 3. The van der Waals surface area contributed by atoms with E-state index in [0.29, 0.717) is 16.5 Å². The fraction of sp³-hybridized carbons (Fsp3) is 0.0455. The van der Waals surface area contributed by atoms with Gasteiger partial charge in [0.15, 0.2) is 5.82 Å². The smallest absolute Gasteiger partial charge is 0.295 e. The summed E-state index contributed by atoms with van der Waals surface area (Å²) in [6, 6.07) is 22.6. The van der Waals surface area contributed by atoms with E-state index in [2.05, 4.69) is 31.3 Å². The van der Waals surface area contributed by atoms with Crippen LogP contribution in [-0.2, 0) is 0 Å². The van der Waals surface area contributed by atoms with Crippen LogP contribution in [0, 0.1) is 6.92 Å². The molecule has 4 aromatic rings. The average molecular weight is 468 g/mol. The summed E-state index contributed by atoms with van der Waals surface area (Å²) in [5.74, 6) is 0.251. The van der Waals surface area contributed by atoms with E-state index in [1.807, 2.05) is 67.6 Å². The number of hydrogen-bond donors (Lipinski definition) is 1. The molecule has 0 spiro atoms. The first-order valence-corrected chi connectivity index (χ1v) is 10.0. The minimum absolute atomic E-state index is 0.0727. The van der Waals surface area contributed by atoms with Gasteiger partial charge < -0.3 is 5.32 Å². The van der Waals surface area contributed by atoms with Crippen LogP contribution in [0.15, 0.2) is 77.3 Å². The van der Waals surface area contributed by atoms with E-state index in [1.165, 1.54) is 0 Å². The van der Waals surface area contributed by atoms with Gasteiger partial charge in [0.2, 0.25) is 5.82 Å². The molecular weight excluding hydrogens is 452 g/mol. The van der Waals surface area contributed by atoms with Crippen molar-refractivity contribution in [3.63, 3.8) is 0 Å². The lowest BCUT2D eigenvalue weighted by atomic mass is 10.2. The molecule has 0 aliphatic rings. The van der Waals surface area contributed by atoms with Gasteiger partial charge in [-0.15, -0.1) is 5.10 Å². The zero-order chi connectivity index (χ0) is 20.4. The highest BCUT2D eigenvalue weighted by molar-refractivity contribution is 9.10. The largest absolute Gasteiger partial charge is 0.319 e. The fourth-order valence-corrected chi connectivity index (χ4v) is 3.25. The molecule has 0 unspecified atom stereocenters. The highest BCUT2D eigenvalue weighted by atomic mass is 79.9. The molecule has 5 nitrogen and oxygen atoms in total. The molecule has 0 bridgehead atoms. The van der Waals surface area contributed by atoms with E-state index in [0.717, 1.165) is 21.3 Å². The van der Waals surface area contributed by atoms with Gasteiger partial charge in [-0.25, -0.2) is 9.67 Å². The van der Waals surface area contributed by atoms with Crippen LogP contribution in [0.5, 0.6) is 0 Å². The lowest BCUT2D eigenvalue weighted by molar-refractivity contribution is 0.101. The Hall–Kier alpha value is -2.96. The number of aryl methyl sites for hydroxylation is 1. The van der Waals surface area contributed by atoms with Crippen molar-refractivity contribution in [2.45, 2.75) is 6.92 Å². The molecule has 1 aromatic heterocycles. The number of aromatic nitrogens is 3. The van der Waals surface area contributed by atoms with E-state index >= 15 is 0 Å². The summed E-state index contributed by atoms with van der Waals surface area (Å²) in [6.45, 7) is 1.90. The third-order valence-corrected chi connectivity index (χ3v) is 5.28. The SMILES string of the molecule is Cc1ccc(NC(=O)c2nc(-c3ccccc3)n(-c3ccc(Br)cc3)n2)cc1Cl. The monoisotopic (exact) mass is 466 g/mol. The van der Waals surface area contributed by atoms with Crippen molar-refractivity contribution < 1.29 is 4.79 Å². The summed E-state index contributed by atoms with van der Waals surface area (Å²) in [5.41, 5.74) is 3.19. The van der Waals surface area contributed by atoms with Crippen molar-refractivity contribution in [3.8, 4) is 17.1 Å². The standard InChI is InChI=1S/C22H16BrClN4O/c1-14-7-10-17(13-19(14)24)25-22(29)20-26-21(15-5-3-2-4-6-15)28(27-20)18-11-8-16(23)9-12-18/h2-13H,1H3,(H,25,29). The summed E-state index contributed by atoms with van der Waals surface area (Å²) >= 11 is 9.59. The van der Waals surface area contributed by atoms with Gasteiger partial charge in [0.25, 0.3) is 5.91 Å². The normalized spacial score (nSPS) is 10.7. The van der Waals surface area contributed by atoms with Gasteiger partial charge in [-0.3, -0.25) is 4.79 Å². The molecule has 0 saturated heterocycles. The predicted molar refractivity (Wildman–Crippen MR) is 119 cm³/mol. The van der Waals surface area contributed by atoms with Crippen LogP contribution in [0.2, 0.25) is 5.02 Å². The van der Waals surface area contributed by atoms with Gasteiger partial charge in [-0.2, -0.15) is 0 Å². The first-order valence-electron chi connectivity index (χ1n) is 8.87. The Balaban J connectivity index is 1.73. The van der Waals surface area contributed by atoms with Gasteiger partial charge in [0.05, 0.1) is 5.69 Å². The third-order valence-electron chi connectivity index (χ3n) is 4.34. The molecule has 1 N–H and O–H groups in total. The second-order valence-electron chi connectivity index (χ2n) is 6.43. The molecule has 29 heavy (non-hydrogen) atoms. The zero-order valence-corrected chi connectivity index (χ0v) is 17.8. The summed E-state index contributed by atoms with van der Waals surface area (Å²) in [6.07, 6.45) is 0. The van der Waals surface area contributed by atoms with Crippen molar-refractivity contribution in [1.82, 2.24) is 14.8 Å². The molecule has 144 valence electrons. The number of anilines is 1. The maximum atomic E-state index is 12.8. The van der Waals surface area contributed by atoms with Crippen LogP contribution in [0.25, 0.3) is 17.1 Å².